The van der Waals surface area contributed by atoms with Gasteiger partial charge in [-0.3, -0.25) is 4.98 Å². The van der Waals surface area contributed by atoms with Gasteiger partial charge < -0.3 is 19.3 Å². The first kappa shape index (κ1) is 22.0. The molecule has 2 aliphatic rings. The lowest BCUT2D eigenvalue weighted by atomic mass is 9.97. The van der Waals surface area contributed by atoms with E-state index in [1.165, 1.54) is 17.7 Å². The van der Waals surface area contributed by atoms with Crippen molar-refractivity contribution in [2.75, 3.05) is 32.8 Å². The van der Waals surface area contributed by atoms with Crippen molar-refractivity contribution in [1.29, 1.82) is 0 Å². The summed E-state index contributed by atoms with van der Waals surface area (Å²) >= 11 is 0. The maximum Gasteiger partial charge on any atom is 0.337 e. The molecule has 1 aromatic carbocycles. The molecule has 1 atom stereocenters. The number of likely N-dealkylation sites (tertiary alicyclic amines) is 1. The molecule has 2 saturated heterocycles. The normalized spacial score (nSPS) is 20.0. The number of carbonyl (C=O) groups is 1. The number of fused-ring (bicyclic) bond motifs is 1. The topological polar surface area (TPSA) is 67.6 Å². The number of carboxylic acids is 1. The first-order valence-corrected chi connectivity index (χ1v) is 11.8. The van der Waals surface area contributed by atoms with E-state index < -0.39 is 11.8 Å². The molecule has 0 spiro atoms. The molecule has 6 nitrogen and oxygen atoms in total. The lowest BCUT2D eigenvalue weighted by molar-refractivity contribution is 0.0551. The van der Waals surface area contributed by atoms with Gasteiger partial charge in [-0.05, 0) is 80.3 Å². The summed E-state index contributed by atoms with van der Waals surface area (Å²) in [6.45, 7) is 7.18. The van der Waals surface area contributed by atoms with Crippen LogP contribution in [0, 0.1) is 24.6 Å². The van der Waals surface area contributed by atoms with E-state index in [-0.39, 0.29) is 5.56 Å². The maximum atomic E-state index is 13.8. The standard InChI is InChI=1S/C26H30FN3O3/c1-17-12-28-13-24-25(17)20(16-30(24)23-3-2-21(27)11-22(23)26(31)32)10-19-4-7-29(15-19)14-18-5-8-33-9-6-18/h2-3,11-13,16,18-19H,4-10,14-15H2,1H3,(H,31,32)/t19-/m0/s1. The quantitative estimate of drug-likeness (QED) is 0.599. The average Bonchev–Trinajstić information content (AvgIpc) is 3.40. The van der Waals surface area contributed by atoms with Crippen molar-refractivity contribution in [3.8, 4) is 5.69 Å². The second-order valence-electron chi connectivity index (χ2n) is 9.52. The van der Waals surface area contributed by atoms with Crippen molar-refractivity contribution in [3.05, 3.63) is 59.3 Å². The zero-order valence-corrected chi connectivity index (χ0v) is 19.0. The minimum Gasteiger partial charge on any atom is -0.478 e. The lowest BCUT2D eigenvalue weighted by Gasteiger charge is -2.27. The number of benzene rings is 1. The number of ether oxygens (including phenoxy) is 1. The fraction of sp³-hybridized carbons (Fsp3) is 0.462. The molecule has 2 fully saturated rings. The third-order valence-electron chi connectivity index (χ3n) is 7.17. The number of aromatic nitrogens is 2. The first-order chi connectivity index (χ1) is 16.0. The van der Waals surface area contributed by atoms with Crippen molar-refractivity contribution >= 4 is 16.9 Å². The van der Waals surface area contributed by atoms with E-state index in [0.717, 1.165) is 87.0 Å². The predicted octanol–water partition coefficient (Wildman–Crippen LogP) is 4.46. The summed E-state index contributed by atoms with van der Waals surface area (Å²) in [5, 5.41) is 10.8. The Labute approximate surface area is 193 Å². The van der Waals surface area contributed by atoms with Crippen LogP contribution in [0.5, 0.6) is 0 Å². The predicted molar refractivity (Wildman–Crippen MR) is 125 cm³/mol. The molecule has 33 heavy (non-hydrogen) atoms. The monoisotopic (exact) mass is 451 g/mol. The molecule has 7 heteroatoms. The van der Waals surface area contributed by atoms with Crippen LogP contribution < -0.4 is 0 Å². The third-order valence-corrected chi connectivity index (χ3v) is 7.17. The van der Waals surface area contributed by atoms with Gasteiger partial charge in [0, 0.05) is 44.1 Å². The zero-order chi connectivity index (χ0) is 22.9. The van der Waals surface area contributed by atoms with E-state index in [1.54, 1.807) is 6.20 Å². The number of aromatic carboxylic acids is 1. The summed E-state index contributed by atoms with van der Waals surface area (Å²) in [5.41, 5.74) is 3.53. The van der Waals surface area contributed by atoms with Gasteiger partial charge in [0.2, 0.25) is 0 Å². The van der Waals surface area contributed by atoms with Gasteiger partial charge in [0.1, 0.15) is 5.82 Å². The van der Waals surface area contributed by atoms with Gasteiger partial charge in [0.25, 0.3) is 0 Å². The molecule has 0 radical (unpaired) electrons. The number of pyridine rings is 1. The van der Waals surface area contributed by atoms with Crippen molar-refractivity contribution in [2.24, 2.45) is 11.8 Å². The van der Waals surface area contributed by atoms with E-state index in [2.05, 4.69) is 9.88 Å². The Bertz CT molecular complexity index is 1170. The van der Waals surface area contributed by atoms with Gasteiger partial charge in [0.05, 0.1) is 23.0 Å². The lowest BCUT2D eigenvalue weighted by Crippen LogP contribution is -2.31. The summed E-state index contributed by atoms with van der Waals surface area (Å²) < 4.78 is 21.1. The Morgan fingerprint density at radius 2 is 2.03 bits per heavy atom. The molecular formula is C26H30FN3O3. The molecular weight excluding hydrogens is 421 g/mol. The van der Waals surface area contributed by atoms with Gasteiger partial charge in [-0.1, -0.05) is 0 Å². The Morgan fingerprint density at radius 1 is 1.21 bits per heavy atom. The molecule has 174 valence electrons. The number of hydrogen-bond acceptors (Lipinski definition) is 4. The third kappa shape index (κ3) is 4.52. The highest BCUT2D eigenvalue weighted by molar-refractivity contribution is 5.94. The number of rotatable bonds is 6. The zero-order valence-electron chi connectivity index (χ0n) is 19.0. The van der Waals surface area contributed by atoms with Crippen LogP contribution >= 0.6 is 0 Å². The van der Waals surface area contributed by atoms with Gasteiger partial charge in [0.15, 0.2) is 0 Å². The Balaban J connectivity index is 1.43. The summed E-state index contributed by atoms with van der Waals surface area (Å²) in [5.74, 6) is -0.407. The number of carboxylic acid groups (broad SMARTS) is 1. The smallest absolute Gasteiger partial charge is 0.337 e. The van der Waals surface area contributed by atoms with E-state index in [0.29, 0.717) is 11.6 Å². The van der Waals surface area contributed by atoms with Crippen molar-refractivity contribution < 1.29 is 19.0 Å². The second-order valence-corrected chi connectivity index (χ2v) is 9.52. The van der Waals surface area contributed by atoms with Crippen LogP contribution in [0.3, 0.4) is 0 Å². The fourth-order valence-corrected chi connectivity index (χ4v) is 5.54. The number of aryl methyl sites for hydroxylation is 1. The summed E-state index contributed by atoms with van der Waals surface area (Å²) in [4.78, 5) is 18.8. The molecule has 0 aliphatic carbocycles. The van der Waals surface area contributed by atoms with Crippen LogP contribution in [0.4, 0.5) is 4.39 Å². The highest BCUT2D eigenvalue weighted by Crippen LogP contribution is 2.32. The highest BCUT2D eigenvalue weighted by atomic mass is 19.1. The van der Waals surface area contributed by atoms with Crippen LogP contribution in [-0.4, -0.2) is 58.4 Å². The SMILES string of the molecule is Cc1cncc2c1c(C[C@@H]1CCN(CC3CCOCC3)C1)cn2-c1ccc(F)cc1C(=O)O. The van der Waals surface area contributed by atoms with Crippen LogP contribution in [0.25, 0.3) is 16.6 Å². The maximum absolute atomic E-state index is 13.8. The molecule has 0 saturated carbocycles. The molecule has 1 N–H and O–H groups in total. The molecule has 5 rings (SSSR count). The Kier molecular flexibility index (Phi) is 6.17. The number of hydrogen-bond donors (Lipinski definition) is 1. The summed E-state index contributed by atoms with van der Waals surface area (Å²) in [7, 11) is 0. The summed E-state index contributed by atoms with van der Waals surface area (Å²) in [6.07, 6.45) is 10.1. The molecule has 0 unspecified atom stereocenters. The minimum atomic E-state index is -1.15. The Morgan fingerprint density at radius 3 is 2.82 bits per heavy atom. The van der Waals surface area contributed by atoms with Gasteiger partial charge in [-0.2, -0.15) is 0 Å². The molecule has 2 aromatic heterocycles. The Hall–Kier alpha value is -2.77. The van der Waals surface area contributed by atoms with Gasteiger partial charge >= 0.3 is 5.97 Å². The van der Waals surface area contributed by atoms with E-state index >= 15 is 0 Å². The van der Waals surface area contributed by atoms with Crippen molar-refractivity contribution in [3.63, 3.8) is 0 Å². The first-order valence-electron chi connectivity index (χ1n) is 11.8. The van der Waals surface area contributed by atoms with Crippen LogP contribution in [0.1, 0.15) is 40.7 Å². The van der Waals surface area contributed by atoms with Crippen LogP contribution in [0.2, 0.25) is 0 Å². The minimum absolute atomic E-state index is 0.0524. The summed E-state index contributed by atoms with van der Waals surface area (Å²) in [6, 6.07) is 3.93. The molecule has 3 aromatic rings. The highest BCUT2D eigenvalue weighted by Gasteiger charge is 2.27. The van der Waals surface area contributed by atoms with Gasteiger partial charge in [-0.15, -0.1) is 0 Å². The molecule has 2 aliphatic heterocycles. The molecule has 4 heterocycles. The molecule has 0 amide bonds. The van der Waals surface area contributed by atoms with Crippen molar-refractivity contribution in [1.82, 2.24) is 14.5 Å². The van der Waals surface area contributed by atoms with Crippen molar-refractivity contribution in [2.45, 2.75) is 32.6 Å². The largest absolute Gasteiger partial charge is 0.478 e. The average molecular weight is 452 g/mol. The molecule has 0 bridgehead atoms. The number of nitrogens with zero attached hydrogens (tertiary/aromatic N) is 3. The van der Waals surface area contributed by atoms with E-state index in [9.17, 15) is 14.3 Å². The number of halogens is 1. The van der Waals surface area contributed by atoms with Crippen LogP contribution in [0.15, 0.2) is 36.8 Å². The van der Waals surface area contributed by atoms with Gasteiger partial charge in [-0.25, -0.2) is 9.18 Å². The van der Waals surface area contributed by atoms with E-state index in [4.69, 9.17) is 4.74 Å². The van der Waals surface area contributed by atoms with E-state index in [1.807, 2.05) is 23.9 Å². The second kappa shape index (κ2) is 9.23. The fourth-order valence-electron chi connectivity index (χ4n) is 5.54. The van der Waals surface area contributed by atoms with Crippen LogP contribution in [-0.2, 0) is 11.2 Å².